The Hall–Kier alpha value is -2.25. The van der Waals surface area contributed by atoms with Crippen LogP contribution in [0.3, 0.4) is 0 Å². The smallest absolute Gasteiger partial charge is 0.137 e. The van der Waals surface area contributed by atoms with E-state index in [4.69, 9.17) is 9.47 Å². The van der Waals surface area contributed by atoms with Crippen LogP contribution in [0, 0.1) is 6.92 Å². The van der Waals surface area contributed by atoms with E-state index in [1.807, 2.05) is 12.4 Å². The highest BCUT2D eigenvalue weighted by molar-refractivity contribution is 5.84. The normalized spacial score (nSPS) is 22.8. The van der Waals surface area contributed by atoms with Crippen LogP contribution in [-0.2, 0) is 22.4 Å². The molecule has 2 saturated heterocycles. The molecule has 3 aliphatic rings. The molecule has 0 aliphatic carbocycles. The number of aryl methyl sites for hydroxylation is 1. The molecule has 0 saturated carbocycles. The molecule has 1 unspecified atom stereocenters. The third kappa shape index (κ3) is 3.75. The highest BCUT2D eigenvalue weighted by atomic mass is 16.5. The first-order valence-corrected chi connectivity index (χ1v) is 12.0. The molecule has 6 rings (SSSR count). The van der Waals surface area contributed by atoms with E-state index in [2.05, 4.69) is 45.3 Å². The van der Waals surface area contributed by atoms with Crippen molar-refractivity contribution in [3.63, 3.8) is 0 Å². The molecule has 0 spiro atoms. The molecule has 0 radical (unpaired) electrons. The molecule has 0 bridgehead atoms. The van der Waals surface area contributed by atoms with Gasteiger partial charge in [-0.3, -0.25) is 4.90 Å². The molecule has 3 aromatic rings. The number of rotatable bonds is 3. The number of pyridine rings is 1. The van der Waals surface area contributed by atoms with Gasteiger partial charge in [-0.25, -0.2) is 4.98 Å². The van der Waals surface area contributed by atoms with Gasteiger partial charge in [0.25, 0.3) is 0 Å². The Morgan fingerprint density at radius 1 is 1.06 bits per heavy atom. The molecule has 2 N–H and O–H groups in total. The van der Waals surface area contributed by atoms with E-state index in [1.54, 1.807) is 0 Å². The second kappa shape index (κ2) is 8.60. The Labute approximate surface area is 189 Å². The molecule has 6 heteroatoms. The molecule has 3 aliphatic heterocycles. The van der Waals surface area contributed by atoms with Crippen molar-refractivity contribution in [2.75, 3.05) is 39.5 Å². The maximum atomic E-state index is 5.87. The van der Waals surface area contributed by atoms with Crippen LogP contribution in [0.15, 0.2) is 30.6 Å². The summed E-state index contributed by atoms with van der Waals surface area (Å²) in [6, 6.07) is 7.97. The van der Waals surface area contributed by atoms with E-state index < -0.39 is 0 Å². The molecule has 2 aromatic heterocycles. The minimum atomic E-state index is 0.248. The first-order valence-electron chi connectivity index (χ1n) is 12.0. The SMILES string of the molecule is Cc1c[nH]c2ncc(-c3cc4c(c(C5COCCN5)c3)CN(C3CCOCC3)CC4)cc12. The summed E-state index contributed by atoms with van der Waals surface area (Å²) in [7, 11) is 0. The monoisotopic (exact) mass is 432 g/mol. The van der Waals surface area contributed by atoms with Crippen LogP contribution in [0.4, 0.5) is 0 Å². The van der Waals surface area contributed by atoms with Gasteiger partial charge in [-0.2, -0.15) is 0 Å². The Kier molecular flexibility index (Phi) is 5.47. The Bertz CT molecular complexity index is 1110. The number of aromatic amines is 1. The second-order valence-electron chi connectivity index (χ2n) is 9.44. The molecule has 1 atom stereocenters. The van der Waals surface area contributed by atoms with Gasteiger partial charge in [0.2, 0.25) is 0 Å². The largest absolute Gasteiger partial charge is 0.381 e. The Morgan fingerprint density at radius 2 is 1.97 bits per heavy atom. The third-order valence-electron chi connectivity index (χ3n) is 7.48. The molecule has 2 fully saturated rings. The molecule has 6 nitrogen and oxygen atoms in total. The van der Waals surface area contributed by atoms with Crippen molar-refractivity contribution in [2.24, 2.45) is 0 Å². The summed E-state index contributed by atoms with van der Waals surface area (Å²) in [5.41, 5.74) is 9.04. The zero-order valence-electron chi connectivity index (χ0n) is 18.8. The van der Waals surface area contributed by atoms with E-state index in [0.29, 0.717) is 6.04 Å². The maximum absolute atomic E-state index is 5.87. The Balaban J connectivity index is 1.40. The summed E-state index contributed by atoms with van der Waals surface area (Å²) in [5, 5.41) is 4.91. The topological polar surface area (TPSA) is 62.4 Å². The number of nitrogens with one attached hydrogen (secondary N) is 2. The van der Waals surface area contributed by atoms with Crippen molar-refractivity contribution in [3.05, 3.63) is 52.8 Å². The molecule has 1 aromatic carbocycles. The lowest BCUT2D eigenvalue weighted by atomic mass is 9.86. The van der Waals surface area contributed by atoms with Crippen molar-refractivity contribution in [1.29, 1.82) is 0 Å². The number of aromatic nitrogens is 2. The van der Waals surface area contributed by atoms with Gasteiger partial charge >= 0.3 is 0 Å². The number of H-pyrrole nitrogens is 1. The van der Waals surface area contributed by atoms with Crippen molar-refractivity contribution in [3.8, 4) is 11.1 Å². The van der Waals surface area contributed by atoms with Crippen molar-refractivity contribution >= 4 is 11.0 Å². The first kappa shape index (κ1) is 20.4. The number of fused-ring (bicyclic) bond motifs is 2. The van der Waals surface area contributed by atoms with Crippen molar-refractivity contribution < 1.29 is 9.47 Å². The molecule has 0 amide bonds. The predicted molar refractivity (Wildman–Crippen MR) is 126 cm³/mol. The van der Waals surface area contributed by atoms with Crippen molar-refractivity contribution in [2.45, 2.75) is 44.8 Å². The summed E-state index contributed by atoms with van der Waals surface area (Å²) in [6.07, 6.45) is 7.43. The molecule has 168 valence electrons. The minimum absolute atomic E-state index is 0.248. The zero-order chi connectivity index (χ0) is 21.5. The number of benzene rings is 1. The second-order valence-corrected chi connectivity index (χ2v) is 9.44. The van der Waals surface area contributed by atoms with Gasteiger partial charge in [0.1, 0.15) is 5.65 Å². The average Bonchev–Trinajstić information content (AvgIpc) is 3.24. The number of ether oxygens (including phenoxy) is 2. The van der Waals surface area contributed by atoms with Gasteiger partial charge < -0.3 is 19.8 Å². The molecular weight excluding hydrogens is 400 g/mol. The number of hydrogen-bond donors (Lipinski definition) is 2. The van der Waals surface area contributed by atoms with Crippen LogP contribution in [0.1, 0.15) is 41.1 Å². The summed E-state index contributed by atoms with van der Waals surface area (Å²) >= 11 is 0. The molecule has 32 heavy (non-hydrogen) atoms. The van der Waals surface area contributed by atoms with Gasteiger partial charge in [-0.05, 0) is 66.1 Å². The van der Waals surface area contributed by atoms with Gasteiger partial charge in [0.15, 0.2) is 0 Å². The fourth-order valence-electron chi connectivity index (χ4n) is 5.62. The first-order chi connectivity index (χ1) is 15.8. The van der Waals surface area contributed by atoms with Crippen LogP contribution in [0.2, 0.25) is 0 Å². The third-order valence-corrected chi connectivity index (χ3v) is 7.48. The lowest BCUT2D eigenvalue weighted by Gasteiger charge is -2.39. The van der Waals surface area contributed by atoms with Crippen LogP contribution in [-0.4, -0.2) is 60.4 Å². The van der Waals surface area contributed by atoms with Crippen molar-refractivity contribution in [1.82, 2.24) is 20.2 Å². The molecular formula is C26H32N4O2. The molecule has 5 heterocycles. The Morgan fingerprint density at radius 3 is 2.81 bits per heavy atom. The number of nitrogens with zero attached hydrogens (tertiary/aromatic N) is 2. The fraction of sp³-hybridized carbons (Fsp3) is 0.500. The fourth-order valence-corrected chi connectivity index (χ4v) is 5.62. The van der Waals surface area contributed by atoms with Crippen LogP contribution in [0.5, 0.6) is 0 Å². The lowest BCUT2D eigenvalue weighted by Crippen LogP contribution is -2.43. The van der Waals surface area contributed by atoms with Gasteiger partial charge in [0.05, 0.1) is 19.3 Å². The lowest BCUT2D eigenvalue weighted by molar-refractivity contribution is 0.0285. The van der Waals surface area contributed by atoms with Gasteiger partial charge in [-0.1, -0.05) is 6.07 Å². The van der Waals surface area contributed by atoms with Crippen LogP contribution in [0.25, 0.3) is 22.2 Å². The van der Waals surface area contributed by atoms with E-state index >= 15 is 0 Å². The van der Waals surface area contributed by atoms with E-state index in [0.717, 1.165) is 71.0 Å². The van der Waals surface area contributed by atoms with E-state index in [9.17, 15) is 0 Å². The predicted octanol–water partition coefficient (Wildman–Crippen LogP) is 3.74. The summed E-state index contributed by atoms with van der Waals surface area (Å²) < 4.78 is 11.5. The average molecular weight is 433 g/mol. The standard InChI is InChI=1S/C26H32N4O2/c1-17-13-28-26-22(17)12-20(14-29-26)19-10-18-2-6-30(21-3-7-31-8-4-21)15-24(18)23(11-19)25-16-32-9-5-27-25/h10-14,21,25,27H,2-9,15-16H2,1H3,(H,28,29). The van der Waals surface area contributed by atoms with Crippen LogP contribution < -0.4 is 5.32 Å². The summed E-state index contributed by atoms with van der Waals surface area (Å²) in [6.45, 7) is 8.52. The van der Waals surface area contributed by atoms with E-state index in [1.165, 1.54) is 38.8 Å². The quantitative estimate of drug-likeness (QED) is 0.660. The summed E-state index contributed by atoms with van der Waals surface area (Å²) in [5.74, 6) is 0. The highest BCUT2D eigenvalue weighted by Crippen LogP contribution is 2.35. The summed E-state index contributed by atoms with van der Waals surface area (Å²) in [4.78, 5) is 10.6. The van der Waals surface area contributed by atoms with E-state index in [-0.39, 0.29) is 6.04 Å². The van der Waals surface area contributed by atoms with Gasteiger partial charge in [0, 0.05) is 62.2 Å². The van der Waals surface area contributed by atoms with Gasteiger partial charge in [-0.15, -0.1) is 0 Å². The maximum Gasteiger partial charge on any atom is 0.137 e. The number of morpholine rings is 1. The highest BCUT2D eigenvalue weighted by Gasteiger charge is 2.29. The minimum Gasteiger partial charge on any atom is -0.381 e. The number of hydrogen-bond acceptors (Lipinski definition) is 5. The zero-order valence-corrected chi connectivity index (χ0v) is 18.8. The van der Waals surface area contributed by atoms with Crippen LogP contribution >= 0.6 is 0 Å².